The van der Waals surface area contributed by atoms with Gasteiger partial charge in [0.05, 0.1) is 6.04 Å². The molecule has 1 aromatic carbocycles. The standard InChI is InChI=1S/C21H24FN5O/c1-3-25-12-10-18(24-25)21(28)26-11-4-5-19(26)20-23-13-15(2)27(20)14-16-6-8-17(22)9-7-16/h6-10,12-13,19H,3-5,11,14H2,1-2H3. The average Bonchev–Trinajstić information content (AvgIpc) is 3.43. The highest BCUT2D eigenvalue weighted by Gasteiger charge is 2.34. The zero-order valence-electron chi connectivity index (χ0n) is 16.2. The summed E-state index contributed by atoms with van der Waals surface area (Å²) in [6.45, 7) is 6.03. The summed E-state index contributed by atoms with van der Waals surface area (Å²) in [4.78, 5) is 19.6. The quantitative estimate of drug-likeness (QED) is 0.679. The molecule has 1 amide bonds. The molecule has 6 nitrogen and oxygen atoms in total. The van der Waals surface area contributed by atoms with E-state index in [1.807, 2.05) is 31.1 Å². The fourth-order valence-corrected chi connectivity index (χ4v) is 3.80. The minimum Gasteiger partial charge on any atom is -0.327 e. The van der Waals surface area contributed by atoms with Gasteiger partial charge in [-0.15, -0.1) is 0 Å². The number of nitrogens with zero attached hydrogens (tertiary/aromatic N) is 5. The molecule has 1 atom stereocenters. The lowest BCUT2D eigenvalue weighted by atomic mass is 10.1. The Hall–Kier alpha value is -2.96. The molecule has 4 rings (SSSR count). The van der Waals surface area contributed by atoms with Crippen LogP contribution in [0.25, 0.3) is 0 Å². The van der Waals surface area contributed by atoms with E-state index >= 15 is 0 Å². The molecule has 3 heterocycles. The summed E-state index contributed by atoms with van der Waals surface area (Å²) >= 11 is 0. The van der Waals surface area contributed by atoms with E-state index in [2.05, 4.69) is 14.6 Å². The minimum atomic E-state index is -0.245. The van der Waals surface area contributed by atoms with Gasteiger partial charge in [0.1, 0.15) is 17.3 Å². The van der Waals surface area contributed by atoms with E-state index in [0.29, 0.717) is 18.8 Å². The number of halogens is 1. The first-order valence-corrected chi connectivity index (χ1v) is 9.67. The minimum absolute atomic E-state index is 0.0521. The predicted molar refractivity (Wildman–Crippen MR) is 103 cm³/mol. The Morgan fingerprint density at radius 2 is 2.04 bits per heavy atom. The summed E-state index contributed by atoms with van der Waals surface area (Å²) in [6.07, 6.45) is 5.48. The molecule has 1 saturated heterocycles. The molecule has 0 radical (unpaired) electrons. The molecule has 1 aliphatic rings. The van der Waals surface area contributed by atoms with Crippen LogP contribution in [0.4, 0.5) is 4.39 Å². The molecule has 0 spiro atoms. The van der Waals surface area contributed by atoms with Gasteiger partial charge in [-0.2, -0.15) is 5.10 Å². The molecule has 1 aliphatic heterocycles. The maximum Gasteiger partial charge on any atom is 0.274 e. The summed E-state index contributed by atoms with van der Waals surface area (Å²) in [5, 5.41) is 4.37. The Balaban J connectivity index is 1.61. The fourth-order valence-electron chi connectivity index (χ4n) is 3.80. The number of hydrogen-bond acceptors (Lipinski definition) is 3. The number of carbonyl (C=O) groups is 1. The molecule has 2 aromatic heterocycles. The lowest BCUT2D eigenvalue weighted by Gasteiger charge is -2.25. The molecule has 0 bridgehead atoms. The topological polar surface area (TPSA) is 56.0 Å². The highest BCUT2D eigenvalue weighted by molar-refractivity contribution is 5.92. The maximum atomic E-state index is 13.2. The number of likely N-dealkylation sites (tertiary alicyclic amines) is 1. The van der Waals surface area contributed by atoms with E-state index in [1.165, 1.54) is 12.1 Å². The zero-order valence-corrected chi connectivity index (χ0v) is 16.2. The van der Waals surface area contributed by atoms with E-state index in [0.717, 1.165) is 36.5 Å². The Morgan fingerprint density at radius 3 is 2.75 bits per heavy atom. The second-order valence-electron chi connectivity index (χ2n) is 7.18. The third-order valence-corrected chi connectivity index (χ3v) is 5.34. The Bertz CT molecular complexity index is 975. The number of imidazole rings is 1. The van der Waals surface area contributed by atoms with Crippen molar-refractivity contribution >= 4 is 5.91 Å². The number of amides is 1. The van der Waals surface area contributed by atoms with Crippen molar-refractivity contribution in [1.29, 1.82) is 0 Å². The van der Waals surface area contributed by atoms with Crippen LogP contribution in [-0.2, 0) is 13.1 Å². The lowest BCUT2D eigenvalue weighted by Crippen LogP contribution is -2.32. The number of aromatic nitrogens is 4. The van der Waals surface area contributed by atoms with Crippen LogP contribution in [0.2, 0.25) is 0 Å². The van der Waals surface area contributed by atoms with Crippen LogP contribution >= 0.6 is 0 Å². The van der Waals surface area contributed by atoms with Crippen LogP contribution in [0, 0.1) is 12.7 Å². The van der Waals surface area contributed by atoms with E-state index in [4.69, 9.17) is 0 Å². The molecule has 0 saturated carbocycles. The molecule has 28 heavy (non-hydrogen) atoms. The lowest BCUT2D eigenvalue weighted by molar-refractivity contribution is 0.0720. The summed E-state index contributed by atoms with van der Waals surface area (Å²) < 4.78 is 17.1. The molecule has 146 valence electrons. The number of hydrogen-bond donors (Lipinski definition) is 0. The van der Waals surface area contributed by atoms with Crippen molar-refractivity contribution in [3.8, 4) is 0 Å². The van der Waals surface area contributed by atoms with Crippen molar-refractivity contribution in [1.82, 2.24) is 24.2 Å². The zero-order chi connectivity index (χ0) is 19.7. The number of aryl methyl sites for hydroxylation is 2. The van der Waals surface area contributed by atoms with Crippen LogP contribution in [-0.4, -0.2) is 36.7 Å². The first kappa shape index (κ1) is 18.4. The van der Waals surface area contributed by atoms with E-state index in [1.54, 1.807) is 22.9 Å². The monoisotopic (exact) mass is 381 g/mol. The van der Waals surface area contributed by atoms with E-state index < -0.39 is 0 Å². The van der Waals surface area contributed by atoms with Gasteiger partial charge >= 0.3 is 0 Å². The molecule has 3 aromatic rings. The highest BCUT2D eigenvalue weighted by atomic mass is 19.1. The predicted octanol–water partition coefficient (Wildman–Crippen LogP) is 3.57. The van der Waals surface area contributed by atoms with Crippen molar-refractivity contribution < 1.29 is 9.18 Å². The summed E-state index contributed by atoms with van der Waals surface area (Å²) in [5.74, 6) is 0.580. The smallest absolute Gasteiger partial charge is 0.274 e. The van der Waals surface area contributed by atoms with Gasteiger partial charge in [-0.1, -0.05) is 12.1 Å². The van der Waals surface area contributed by atoms with Crippen molar-refractivity contribution in [3.05, 3.63) is 71.3 Å². The van der Waals surface area contributed by atoms with E-state index in [-0.39, 0.29) is 17.8 Å². The van der Waals surface area contributed by atoms with Crippen LogP contribution in [0.1, 0.15) is 53.4 Å². The summed E-state index contributed by atoms with van der Waals surface area (Å²) in [5.41, 5.74) is 2.50. The van der Waals surface area contributed by atoms with Crippen LogP contribution < -0.4 is 0 Å². The molecule has 0 N–H and O–H groups in total. The van der Waals surface area contributed by atoms with Gasteiger partial charge < -0.3 is 9.47 Å². The van der Waals surface area contributed by atoms with Gasteiger partial charge in [-0.3, -0.25) is 9.48 Å². The first-order chi connectivity index (χ1) is 13.6. The molecular formula is C21H24FN5O. The Morgan fingerprint density at radius 1 is 1.25 bits per heavy atom. The maximum absolute atomic E-state index is 13.2. The van der Waals surface area contributed by atoms with Gasteiger partial charge in [0, 0.05) is 37.7 Å². The molecule has 0 aliphatic carbocycles. The third-order valence-electron chi connectivity index (χ3n) is 5.34. The van der Waals surface area contributed by atoms with E-state index in [9.17, 15) is 9.18 Å². The second kappa shape index (κ2) is 7.58. The molecular weight excluding hydrogens is 357 g/mol. The van der Waals surface area contributed by atoms with Crippen molar-refractivity contribution in [2.24, 2.45) is 0 Å². The Labute approximate surface area is 163 Å². The van der Waals surface area contributed by atoms with Gasteiger partial charge in [0.2, 0.25) is 0 Å². The molecule has 1 unspecified atom stereocenters. The third kappa shape index (κ3) is 3.44. The number of benzene rings is 1. The highest BCUT2D eigenvalue weighted by Crippen LogP contribution is 2.33. The summed E-state index contributed by atoms with van der Waals surface area (Å²) in [7, 11) is 0. The van der Waals surface area contributed by atoms with Crippen LogP contribution in [0.5, 0.6) is 0 Å². The number of rotatable bonds is 5. The molecule has 1 fully saturated rings. The van der Waals surface area contributed by atoms with Crippen molar-refractivity contribution in [3.63, 3.8) is 0 Å². The van der Waals surface area contributed by atoms with Crippen LogP contribution in [0.3, 0.4) is 0 Å². The van der Waals surface area contributed by atoms with Crippen molar-refractivity contribution in [2.75, 3.05) is 6.54 Å². The van der Waals surface area contributed by atoms with Gasteiger partial charge in [-0.25, -0.2) is 9.37 Å². The fraction of sp³-hybridized carbons (Fsp3) is 0.381. The second-order valence-corrected chi connectivity index (χ2v) is 7.18. The number of carbonyl (C=O) groups excluding carboxylic acids is 1. The largest absolute Gasteiger partial charge is 0.327 e. The SMILES string of the molecule is CCn1ccc(C(=O)N2CCCC2c2ncc(C)n2Cc2ccc(F)cc2)n1. The van der Waals surface area contributed by atoms with Gasteiger partial charge in [0.15, 0.2) is 0 Å². The van der Waals surface area contributed by atoms with Gasteiger partial charge in [-0.05, 0) is 50.5 Å². The summed E-state index contributed by atoms with van der Waals surface area (Å²) in [6, 6.07) is 8.21. The van der Waals surface area contributed by atoms with Crippen LogP contribution in [0.15, 0.2) is 42.7 Å². The van der Waals surface area contributed by atoms with Crippen molar-refractivity contribution in [2.45, 2.75) is 45.8 Å². The molecule has 7 heteroatoms. The van der Waals surface area contributed by atoms with Gasteiger partial charge in [0.25, 0.3) is 5.91 Å². The average molecular weight is 381 g/mol. The normalized spacial score (nSPS) is 16.7. The Kier molecular flexibility index (Phi) is 4.98. The first-order valence-electron chi connectivity index (χ1n) is 9.67.